The molecule has 0 radical (unpaired) electrons. The topological polar surface area (TPSA) is 174 Å². The molecule has 0 bridgehead atoms. The van der Waals surface area contributed by atoms with Crippen molar-refractivity contribution in [2.75, 3.05) is 31.9 Å². The third-order valence-electron chi connectivity index (χ3n) is 9.40. The van der Waals surface area contributed by atoms with Crippen LogP contribution < -0.4 is 21.3 Å². The number of rotatable bonds is 12. The summed E-state index contributed by atoms with van der Waals surface area (Å²) in [4.78, 5) is 68.0. The smallest absolute Gasteiger partial charge is 0.315 e. The molecule has 14 heteroatoms. The number of hydrogen-bond donors (Lipinski definition) is 4. The number of carbonyl (C=O) groups excluding carboxylic acids is 5. The Morgan fingerprint density at radius 3 is 2.09 bits per heavy atom. The van der Waals surface area contributed by atoms with Crippen LogP contribution >= 0.6 is 0 Å². The van der Waals surface area contributed by atoms with Crippen LogP contribution in [0.2, 0.25) is 0 Å². The number of nitrogens with one attached hydrogen (secondary N) is 4. The lowest BCUT2D eigenvalue weighted by atomic mass is 9.85. The fourth-order valence-corrected chi connectivity index (χ4v) is 8.02. The van der Waals surface area contributed by atoms with Crippen molar-refractivity contribution in [1.29, 1.82) is 0 Å². The lowest BCUT2D eigenvalue weighted by Gasteiger charge is -2.38. The van der Waals surface area contributed by atoms with E-state index in [-0.39, 0.29) is 43.0 Å². The molecular formula is C31H54N6O7S. The predicted molar refractivity (Wildman–Crippen MR) is 170 cm³/mol. The van der Waals surface area contributed by atoms with Crippen LogP contribution in [0, 0.1) is 28.6 Å². The number of likely N-dealkylation sites (tertiary alicyclic amines) is 1. The summed E-state index contributed by atoms with van der Waals surface area (Å²) in [7, 11) is -3.38. The normalized spacial score (nSPS) is 26.3. The molecule has 4 N–H and O–H groups in total. The quantitative estimate of drug-likeness (QED) is 0.229. The van der Waals surface area contributed by atoms with Gasteiger partial charge in [-0.3, -0.25) is 19.2 Å². The van der Waals surface area contributed by atoms with Crippen LogP contribution in [0.1, 0.15) is 81.6 Å². The number of urea groups is 1. The highest BCUT2D eigenvalue weighted by Gasteiger charge is 2.63. The maximum atomic E-state index is 14.2. The van der Waals surface area contributed by atoms with E-state index in [1.165, 1.54) is 9.21 Å². The molecule has 45 heavy (non-hydrogen) atoms. The Balaban J connectivity index is 1.79. The minimum absolute atomic E-state index is 0.0845. The first-order valence-corrected chi connectivity index (χ1v) is 17.8. The molecule has 7 atom stereocenters. The monoisotopic (exact) mass is 654 g/mol. The molecule has 2 unspecified atom stereocenters. The van der Waals surface area contributed by atoms with Gasteiger partial charge in [-0.05, 0) is 48.3 Å². The van der Waals surface area contributed by atoms with Crippen molar-refractivity contribution in [3.63, 3.8) is 0 Å². The van der Waals surface area contributed by atoms with Crippen LogP contribution in [0.4, 0.5) is 4.79 Å². The van der Waals surface area contributed by atoms with Gasteiger partial charge < -0.3 is 26.2 Å². The molecule has 0 spiro atoms. The molecular weight excluding hydrogens is 600 g/mol. The van der Waals surface area contributed by atoms with Crippen molar-refractivity contribution < 1.29 is 32.4 Å². The number of ketones is 1. The molecule has 256 valence electrons. The number of hydrogen-bond acceptors (Lipinski definition) is 7. The standard InChI is InChI=1S/C31H54N6O7S/c1-10-13-20(24(38)27(40)32-11-2)33-26(39)23-22-18(3)19(22)16-37(23)28(41)25(31(7,8)9)35-29(42)34-21(30(4,5)6)17-36-14-12-15-45(36,43)44/h18-23,25H,10-17H2,1-9H3,(H,32,40)(H,33,39)(H2,34,35,42)/t18?,19-,20?,21-,22+,23+,25-/m1/s1. The first-order chi connectivity index (χ1) is 20.7. The summed E-state index contributed by atoms with van der Waals surface area (Å²) >= 11 is 0. The number of sulfonamides is 1. The average molecular weight is 655 g/mol. The van der Waals surface area contributed by atoms with Crippen LogP contribution in [0.3, 0.4) is 0 Å². The number of likely N-dealkylation sites (N-methyl/N-ethyl adjacent to an activating group) is 1. The molecule has 2 heterocycles. The second-order valence-electron chi connectivity index (χ2n) is 15.0. The molecule has 3 fully saturated rings. The van der Waals surface area contributed by atoms with Crippen molar-refractivity contribution in [3.05, 3.63) is 0 Å². The number of piperidine rings is 1. The van der Waals surface area contributed by atoms with Crippen molar-refractivity contribution >= 4 is 39.6 Å². The molecule has 3 rings (SSSR count). The molecule has 0 aromatic heterocycles. The van der Waals surface area contributed by atoms with E-state index >= 15 is 0 Å². The first-order valence-electron chi connectivity index (χ1n) is 16.2. The molecule has 0 aromatic carbocycles. The second kappa shape index (κ2) is 13.9. The summed E-state index contributed by atoms with van der Waals surface area (Å²) in [5.74, 6) is -2.03. The molecule has 2 saturated heterocycles. The van der Waals surface area contributed by atoms with Crippen LogP contribution in [0.15, 0.2) is 0 Å². The average Bonchev–Trinajstić information content (AvgIpc) is 3.21. The van der Waals surface area contributed by atoms with Crippen LogP contribution in [0.25, 0.3) is 0 Å². The van der Waals surface area contributed by atoms with Gasteiger partial charge in [-0.2, -0.15) is 4.31 Å². The minimum atomic E-state index is -3.38. The Hall–Kier alpha value is -2.74. The van der Waals surface area contributed by atoms with Gasteiger partial charge >= 0.3 is 6.03 Å². The highest BCUT2D eigenvalue weighted by Crippen LogP contribution is 2.55. The van der Waals surface area contributed by atoms with E-state index in [0.717, 1.165) is 0 Å². The maximum absolute atomic E-state index is 14.2. The Labute approximate surface area is 268 Å². The summed E-state index contributed by atoms with van der Waals surface area (Å²) in [6.07, 6.45) is 1.39. The Bertz CT molecular complexity index is 1260. The summed E-state index contributed by atoms with van der Waals surface area (Å²) < 4.78 is 26.3. The molecule has 5 amide bonds. The predicted octanol–water partition coefficient (Wildman–Crippen LogP) is 1.23. The largest absolute Gasteiger partial charge is 0.350 e. The van der Waals surface area contributed by atoms with Crippen LogP contribution in [-0.4, -0.2) is 103 Å². The van der Waals surface area contributed by atoms with E-state index in [2.05, 4.69) is 21.3 Å². The molecule has 1 aliphatic carbocycles. The van der Waals surface area contributed by atoms with E-state index in [0.29, 0.717) is 25.9 Å². The molecule has 2 aliphatic heterocycles. The fourth-order valence-electron chi connectivity index (χ4n) is 6.48. The minimum Gasteiger partial charge on any atom is -0.350 e. The highest BCUT2D eigenvalue weighted by atomic mass is 32.2. The van der Waals surface area contributed by atoms with Gasteiger partial charge in [0.2, 0.25) is 27.6 Å². The lowest BCUT2D eigenvalue weighted by Crippen LogP contribution is -2.62. The van der Waals surface area contributed by atoms with E-state index < -0.39 is 74.6 Å². The Morgan fingerprint density at radius 1 is 0.933 bits per heavy atom. The highest BCUT2D eigenvalue weighted by molar-refractivity contribution is 7.89. The van der Waals surface area contributed by atoms with Gasteiger partial charge in [0.1, 0.15) is 12.1 Å². The fraction of sp³-hybridized carbons (Fsp3) is 0.839. The second-order valence-corrected chi connectivity index (χ2v) is 17.1. The van der Waals surface area contributed by atoms with Gasteiger partial charge in [0.05, 0.1) is 11.8 Å². The van der Waals surface area contributed by atoms with E-state index in [1.54, 1.807) is 6.92 Å². The SMILES string of the molecule is CCCC(NC(=O)[C@@H]1[C@H]2C(C)[C@H]2CN1C(=O)[C@@H](NC(=O)N[C@H](CN1CCCS1(=O)=O)C(C)(C)C)C(C)(C)C)C(=O)C(=O)NCC. The summed E-state index contributed by atoms with van der Waals surface area (Å²) in [5.41, 5.74) is -1.21. The van der Waals surface area contributed by atoms with Crippen LogP contribution in [0.5, 0.6) is 0 Å². The van der Waals surface area contributed by atoms with E-state index in [9.17, 15) is 32.4 Å². The van der Waals surface area contributed by atoms with Crippen molar-refractivity contribution in [3.8, 4) is 0 Å². The molecule has 1 saturated carbocycles. The zero-order valence-corrected chi connectivity index (χ0v) is 29.2. The molecule has 3 aliphatic rings. The van der Waals surface area contributed by atoms with Gasteiger partial charge in [0.25, 0.3) is 5.91 Å². The Kier molecular flexibility index (Phi) is 11.4. The van der Waals surface area contributed by atoms with E-state index in [4.69, 9.17) is 0 Å². The van der Waals surface area contributed by atoms with Gasteiger partial charge in [-0.1, -0.05) is 61.8 Å². The number of nitrogens with zero attached hydrogens (tertiary/aromatic N) is 2. The van der Waals surface area contributed by atoms with Crippen LogP contribution in [-0.2, 0) is 29.2 Å². The third kappa shape index (κ3) is 8.55. The van der Waals surface area contributed by atoms with Gasteiger partial charge in [-0.25, -0.2) is 13.2 Å². The number of fused-ring (bicyclic) bond motifs is 1. The molecule has 0 aromatic rings. The number of carbonyl (C=O) groups is 5. The third-order valence-corrected chi connectivity index (χ3v) is 11.3. The summed E-state index contributed by atoms with van der Waals surface area (Å²) in [6, 6.07) is -3.97. The van der Waals surface area contributed by atoms with Crippen molar-refractivity contribution in [1.82, 2.24) is 30.5 Å². The number of Topliss-reactive ketones (excluding diaryl/α,β-unsaturated/α-hetero) is 1. The number of amides is 5. The van der Waals surface area contributed by atoms with Gasteiger partial charge in [0.15, 0.2) is 0 Å². The summed E-state index contributed by atoms with van der Waals surface area (Å²) in [6.45, 7) is 17.9. The summed E-state index contributed by atoms with van der Waals surface area (Å²) in [5, 5.41) is 11.0. The zero-order chi connectivity index (χ0) is 34.1. The zero-order valence-electron chi connectivity index (χ0n) is 28.4. The lowest BCUT2D eigenvalue weighted by molar-refractivity contribution is -0.145. The molecule has 13 nitrogen and oxygen atoms in total. The maximum Gasteiger partial charge on any atom is 0.315 e. The van der Waals surface area contributed by atoms with Crippen molar-refractivity contribution in [2.45, 2.75) is 106 Å². The van der Waals surface area contributed by atoms with Gasteiger partial charge in [-0.15, -0.1) is 0 Å². The van der Waals surface area contributed by atoms with E-state index in [1.807, 2.05) is 55.4 Å². The van der Waals surface area contributed by atoms with Gasteiger partial charge in [0, 0.05) is 32.2 Å². The van der Waals surface area contributed by atoms with Crippen molar-refractivity contribution in [2.24, 2.45) is 28.6 Å². The first kappa shape index (κ1) is 36.7. The Morgan fingerprint density at radius 2 is 1.58 bits per heavy atom.